The minimum absolute atomic E-state index is 0.0427. The number of β-amino-alcohol motifs (C(OH)–C–C–N with tert-alkyl or cyclic N) is 1. The van der Waals surface area contributed by atoms with E-state index in [9.17, 15) is 28.2 Å². The number of benzene rings is 3. The molecule has 3 aromatic carbocycles. The fourth-order valence-electron chi connectivity index (χ4n) is 6.97. The maximum absolute atomic E-state index is 13.5. The normalized spacial score (nSPS) is 21.5. The quantitative estimate of drug-likeness (QED) is 0.220. The molecule has 9 nitrogen and oxygen atoms in total. The van der Waals surface area contributed by atoms with Gasteiger partial charge >= 0.3 is 12.1 Å². The van der Waals surface area contributed by atoms with Gasteiger partial charge in [-0.1, -0.05) is 42.3 Å². The number of rotatable bonds is 11. The van der Waals surface area contributed by atoms with E-state index in [-0.39, 0.29) is 39.1 Å². The van der Waals surface area contributed by atoms with Crippen molar-refractivity contribution in [3.8, 4) is 34.1 Å². The summed E-state index contributed by atoms with van der Waals surface area (Å²) >= 11 is 6.76. The number of carbonyl (C=O) groups is 1. The average molecular weight is 719 g/mol. The molecule has 0 bridgehead atoms. The number of aliphatic carboxylic acids is 1. The lowest BCUT2D eigenvalue weighted by atomic mass is 9.92. The van der Waals surface area contributed by atoms with Crippen LogP contribution in [0, 0.1) is 6.92 Å². The Morgan fingerprint density at radius 2 is 1.80 bits per heavy atom. The summed E-state index contributed by atoms with van der Waals surface area (Å²) in [4.78, 5) is 15.4. The molecule has 50 heavy (non-hydrogen) atoms. The summed E-state index contributed by atoms with van der Waals surface area (Å²) in [5.41, 5.74) is 1.83. The number of nitrogens with zero attached hydrogens (tertiary/aromatic N) is 2. The van der Waals surface area contributed by atoms with Gasteiger partial charge in [-0.05, 0) is 86.1 Å². The maximum atomic E-state index is 13.5. The van der Waals surface area contributed by atoms with E-state index < -0.39 is 30.3 Å². The predicted octanol–water partition coefficient (Wildman–Crippen LogP) is 6.87. The van der Waals surface area contributed by atoms with Crippen molar-refractivity contribution in [2.24, 2.45) is 0 Å². The van der Waals surface area contributed by atoms with Crippen LogP contribution in [0.5, 0.6) is 23.0 Å². The van der Waals surface area contributed by atoms with E-state index in [0.717, 1.165) is 35.1 Å². The van der Waals surface area contributed by atoms with Gasteiger partial charge in [0.15, 0.2) is 17.1 Å². The van der Waals surface area contributed by atoms with Crippen LogP contribution in [-0.4, -0.2) is 89.8 Å². The summed E-state index contributed by atoms with van der Waals surface area (Å²) < 4.78 is 64.5. The van der Waals surface area contributed by atoms with Gasteiger partial charge < -0.3 is 29.2 Å². The molecule has 13 heteroatoms. The fourth-order valence-corrected chi connectivity index (χ4v) is 7.21. The minimum Gasteiger partial charge on any atom is -0.492 e. The highest BCUT2D eigenvalue weighted by Gasteiger charge is 2.55. The van der Waals surface area contributed by atoms with E-state index >= 15 is 0 Å². The van der Waals surface area contributed by atoms with Crippen molar-refractivity contribution < 1.29 is 47.1 Å². The highest BCUT2D eigenvalue weighted by molar-refractivity contribution is 6.32. The Morgan fingerprint density at radius 3 is 2.58 bits per heavy atom. The topological polar surface area (TPSA) is 101 Å². The minimum atomic E-state index is -4.72. The number of carboxylic acid groups (broad SMARTS) is 1. The van der Waals surface area contributed by atoms with Crippen LogP contribution in [0.2, 0.25) is 5.02 Å². The van der Waals surface area contributed by atoms with Crippen LogP contribution in [0.25, 0.3) is 11.1 Å². The second-order valence-corrected chi connectivity index (χ2v) is 13.6. The average Bonchev–Trinajstić information content (AvgIpc) is 3.08. The summed E-state index contributed by atoms with van der Waals surface area (Å²) in [6, 6.07) is 14.5. The number of likely N-dealkylation sites (tertiary alicyclic amines) is 2. The van der Waals surface area contributed by atoms with E-state index in [1.807, 2.05) is 48.2 Å². The molecule has 0 spiro atoms. The van der Waals surface area contributed by atoms with Crippen molar-refractivity contribution in [1.29, 1.82) is 0 Å². The maximum Gasteiger partial charge on any atom is 0.418 e. The summed E-state index contributed by atoms with van der Waals surface area (Å²) in [5, 5.41) is 20.4. The second-order valence-electron chi connectivity index (χ2n) is 13.2. The third-order valence-corrected chi connectivity index (χ3v) is 10.1. The summed E-state index contributed by atoms with van der Waals surface area (Å²) in [6.45, 7) is 4.15. The van der Waals surface area contributed by atoms with Crippen LogP contribution in [0.15, 0.2) is 48.5 Å². The van der Waals surface area contributed by atoms with E-state index in [0.29, 0.717) is 66.3 Å². The number of ether oxygens (including phenoxy) is 4. The molecule has 270 valence electrons. The zero-order chi connectivity index (χ0) is 35.5. The molecule has 6 rings (SSSR count). The Bertz CT molecular complexity index is 1690. The standard InChI is InChI=1S/C37H42ClF3N2O7/c1-24-26(6-4-7-28(24)25-9-10-31-34(19-25)49-17-16-48-31)22-50-33-20-32(47-15-14-42-12-5-11-36(46,23-42)37(39,40)41)27(18-29(33)38)21-43-13-3-2-8-30(43)35(44)45/h4,6-7,9-10,18-20,30,46H,2-3,5,8,11-17,21-23H2,1H3,(H,44,45)/t30-,36?/m0/s1. The van der Waals surface area contributed by atoms with Crippen molar-refractivity contribution in [3.05, 3.63) is 70.2 Å². The monoisotopic (exact) mass is 718 g/mol. The Balaban J connectivity index is 1.20. The van der Waals surface area contributed by atoms with Crippen LogP contribution < -0.4 is 18.9 Å². The Hall–Kier alpha value is -3.71. The molecule has 0 aromatic heterocycles. The molecule has 0 amide bonds. The number of carboxylic acids is 1. The zero-order valence-corrected chi connectivity index (χ0v) is 28.7. The van der Waals surface area contributed by atoms with E-state index in [1.54, 1.807) is 17.0 Å². The molecular weight excluding hydrogens is 677 g/mol. The highest BCUT2D eigenvalue weighted by atomic mass is 35.5. The molecule has 2 N–H and O–H groups in total. The number of alkyl halides is 3. The van der Waals surface area contributed by atoms with Gasteiger partial charge in [0.25, 0.3) is 0 Å². The molecule has 0 saturated carbocycles. The number of hydrogen-bond donors (Lipinski definition) is 2. The Labute approximate surface area is 294 Å². The zero-order valence-electron chi connectivity index (χ0n) is 27.9. The van der Waals surface area contributed by atoms with Crippen LogP contribution in [0.1, 0.15) is 48.8 Å². The van der Waals surface area contributed by atoms with Gasteiger partial charge in [-0.25, -0.2) is 0 Å². The van der Waals surface area contributed by atoms with Crippen molar-refractivity contribution in [1.82, 2.24) is 9.80 Å². The Morgan fingerprint density at radius 1 is 1.00 bits per heavy atom. The van der Waals surface area contributed by atoms with Gasteiger partial charge in [0.2, 0.25) is 0 Å². The molecular formula is C37H42ClF3N2O7. The number of halogens is 4. The van der Waals surface area contributed by atoms with E-state index in [4.69, 9.17) is 30.5 Å². The van der Waals surface area contributed by atoms with Crippen molar-refractivity contribution in [2.75, 3.05) is 46.0 Å². The lowest BCUT2D eigenvalue weighted by molar-refractivity contribution is -0.274. The summed E-state index contributed by atoms with van der Waals surface area (Å²) in [5.74, 6) is 1.28. The fraction of sp³-hybridized carbons (Fsp3) is 0.486. The van der Waals surface area contributed by atoms with Gasteiger partial charge in [0.05, 0.1) is 5.02 Å². The SMILES string of the molecule is Cc1c(COc2cc(OCCN3CCCC(O)(C(F)(F)F)C3)c(CN3CCCC[C@H]3C(=O)O)cc2Cl)cccc1-c1ccc2c(c1)OCCO2. The summed E-state index contributed by atoms with van der Waals surface area (Å²) in [6.07, 6.45) is -2.64. The van der Waals surface area contributed by atoms with E-state index in [2.05, 4.69) is 0 Å². The van der Waals surface area contributed by atoms with Crippen LogP contribution >= 0.6 is 11.6 Å². The Kier molecular flexibility index (Phi) is 11.0. The van der Waals surface area contributed by atoms with Crippen LogP contribution in [0.3, 0.4) is 0 Å². The first-order chi connectivity index (χ1) is 23.9. The van der Waals surface area contributed by atoms with Gasteiger partial charge in [-0.3, -0.25) is 14.6 Å². The molecule has 3 aliphatic heterocycles. The first-order valence-corrected chi connectivity index (χ1v) is 17.3. The first-order valence-electron chi connectivity index (χ1n) is 17.0. The van der Waals surface area contributed by atoms with Crippen molar-refractivity contribution in [2.45, 2.75) is 70.0 Å². The number of aliphatic hydroxyl groups is 1. The van der Waals surface area contributed by atoms with Gasteiger partial charge in [-0.15, -0.1) is 0 Å². The smallest absolute Gasteiger partial charge is 0.418 e. The molecule has 3 aliphatic rings. The molecule has 2 atom stereocenters. The lowest BCUT2D eigenvalue weighted by Gasteiger charge is -2.40. The predicted molar refractivity (Wildman–Crippen MR) is 181 cm³/mol. The van der Waals surface area contributed by atoms with Crippen molar-refractivity contribution >= 4 is 17.6 Å². The van der Waals surface area contributed by atoms with Crippen LogP contribution in [-0.2, 0) is 17.9 Å². The highest BCUT2D eigenvalue weighted by Crippen LogP contribution is 2.39. The van der Waals surface area contributed by atoms with Gasteiger partial charge in [0.1, 0.15) is 44.0 Å². The molecule has 3 aromatic rings. The van der Waals surface area contributed by atoms with E-state index in [1.165, 1.54) is 0 Å². The first kappa shape index (κ1) is 36.1. The molecule has 2 fully saturated rings. The third kappa shape index (κ3) is 8.09. The van der Waals surface area contributed by atoms with Gasteiger partial charge in [0, 0.05) is 31.3 Å². The molecule has 0 radical (unpaired) electrons. The molecule has 2 saturated heterocycles. The lowest BCUT2D eigenvalue weighted by Crippen LogP contribution is -2.57. The largest absolute Gasteiger partial charge is 0.492 e. The third-order valence-electron chi connectivity index (χ3n) is 9.81. The number of hydrogen-bond acceptors (Lipinski definition) is 8. The number of fused-ring (bicyclic) bond motifs is 1. The molecule has 0 aliphatic carbocycles. The van der Waals surface area contributed by atoms with Crippen LogP contribution in [0.4, 0.5) is 13.2 Å². The van der Waals surface area contributed by atoms with Crippen molar-refractivity contribution in [3.63, 3.8) is 0 Å². The number of piperidine rings is 2. The molecule has 3 heterocycles. The van der Waals surface area contributed by atoms with Gasteiger partial charge in [-0.2, -0.15) is 13.2 Å². The molecule has 1 unspecified atom stereocenters. The summed E-state index contributed by atoms with van der Waals surface area (Å²) in [7, 11) is 0. The second kappa shape index (κ2) is 15.3.